The van der Waals surface area contributed by atoms with Crippen molar-refractivity contribution >= 4 is 27.6 Å². The Hall–Kier alpha value is -2.91. The molecule has 2 aromatic carbocycles. The second kappa shape index (κ2) is 9.49. The summed E-state index contributed by atoms with van der Waals surface area (Å²) in [5, 5.41) is 0. The Morgan fingerprint density at radius 2 is 1.84 bits per heavy atom. The quantitative estimate of drug-likeness (QED) is 0.655. The average Bonchev–Trinajstić information content (AvgIpc) is 2.75. The van der Waals surface area contributed by atoms with E-state index in [-0.39, 0.29) is 29.8 Å². The second-order valence-electron chi connectivity index (χ2n) is 7.52. The Morgan fingerprint density at radius 1 is 1.16 bits per heavy atom. The molecule has 1 N–H and O–H groups in total. The summed E-state index contributed by atoms with van der Waals surface area (Å²) in [7, 11) is -2.28. The number of hydrogen-bond donors (Lipinski definition) is 1. The Balaban J connectivity index is 1.69. The average molecular weight is 447 g/mol. The van der Waals surface area contributed by atoms with Crippen LogP contribution in [0.5, 0.6) is 5.75 Å². The number of fused-ring (bicyclic) bond motifs is 1. The van der Waals surface area contributed by atoms with Gasteiger partial charge >= 0.3 is 5.97 Å². The highest BCUT2D eigenvalue weighted by Gasteiger charge is 2.34. The molecule has 0 saturated heterocycles. The number of ether oxygens (including phenoxy) is 2. The third kappa shape index (κ3) is 5.42. The fourth-order valence-electron chi connectivity index (χ4n) is 3.32. The maximum Gasteiger partial charge on any atom is 0.348 e. The normalized spacial score (nSPS) is 15.9. The number of sulfonamides is 1. The van der Waals surface area contributed by atoms with E-state index in [9.17, 15) is 18.0 Å². The number of esters is 1. The van der Waals surface area contributed by atoms with Gasteiger partial charge in [0.05, 0.1) is 24.2 Å². The van der Waals surface area contributed by atoms with Gasteiger partial charge in [0.15, 0.2) is 0 Å². The smallest absolute Gasteiger partial charge is 0.348 e. The lowest BCUT2D eigenvalue weighted by Crippen LogP contribution is -2.47. The van der Waals surface area contributed by atoms with Crippen molar-refractivity contribution in [2.45, 2.75) is 43.7 Å². The van der Waals surface area contributed by atoms with E-state index in [0.717, 1.165) is 5.56 Å². The topological polar surface area (TPSA) is 102 Å². The number of carbonyl (C=O) groups excluding carboxylic acids is 2. The standard InChI is InChI=1S/C22H26N2O6S/c1-15(2)23-31(27,28)17-11-8-16(9-12-17)10-13-21(25)24-14-20(22(26)29-3)30-19-7-5-4-6-18(19)24/h4-9,11-12,15,20,23H,10,13-14H2,1-3H3. The van der Waals surface area contributed by atoms with Crippen molar-refractivity contribution in [1.29, 1.82) is 0 Å². The van der Waals surface area contributed by atoms with Gasteiger partial charge in [0, 0.05) is 12.5 Å². The zero-order chi connectivity index (χ0) is 22.6. The predicted molar refractivity (Wildman–Crippen MR) is 115 cm³/mol. The van der Waals surface area contributed by atoms with Crippen LogP contribution in [0.3, 0.4) is 0 Å². The van der Waals surface area contributed by atoms with Crippen molar-refractivity contribution in [2.24, 2.45) is 0 Å². The molecule has 1 amide bonds. The predicted octanol–water partition coefficient (Wildman–Crippen LogP) is 2.27. The molecule has 0 aliphatic carbocycles. The van der Waals surface area contributed by atoms with Crippen LogP contribution in [0.1, 0.15) is 25.8 Å². The molecule has 1 aliphatic rings. The van der Waals surface area contributed by atoms with Crippen LogP contribution in [0.4, 0.5) is 5.69 Å². The Kier molecular flexibility index (Phi) is 6.97. The summed E-state index contributed by atoms with van der Waals surface area (Å²) in [5.74, 6) is -0.258. The summed E-state index contributed by atoms with van der Waals surface area (Å²) < 4.78 is 37.4. The number of para-hydroxylation sites is 2. The number of nitrogens with zero attached hydrogens (tertiary/aromatic N) is 1. The number of anilines is 1. The van der Waals surface area contributed by atoms with Crippen molar-refractivity contribution in [3.05, 3.63) is 54.1 Å². The molecule has 31 heavy (non-hydrogen) atoms. The molecule has 0 aromatic heterocycles. The summed E-state index contributed by atoms with van der Waals surface area (Å²) in [4.78, 5) is 26.6. The minimum Gasteiger partial charge on any atom is -0.475 e. The summed E-state index contributed by atoms with van der Waals surface area (Å²) in [6, 6.07) is 13.3. The maximum atomic E-state index is 13.0. The van der Waals surface area contributed by atoms with Crippen LogP contribution < -0.4 is 14.4 Å². The van der Waals surface area contributed by atoms with E-state index in [4.69, 9.17) is 9.47 Å². The van der Waals surface area contributed by atoms with Crippen LogP contribution in [-0.2, 0) is 30.8 Å². The number of rotatable bonds is 7. The molecular formula is C22H26N2O6S. The largest absolute Gasteiger partial charge is 0.475 e. The molecule has 1 aliphatic heterocycles. The van der Waals surface area contributed by atoms with E-state index in [2.05, 4.69) is 4.72 Å². The van der Waals surface area contributed by atoms with Gasteiger partial charge in [0.2, 0.25) is 22.0 Å². The van der Waals surface area contributed by atoms with Crippen LogP contribution >= 0.6 is 0 Å². The molecule has 9 heteroatoms. The molecule has 0 bridgehead atoms. The third-order valence-corrected chi connectivity index (χ3v) is 6.47. The Labute approximate surface area is 182 Å². The molecule has 3 rings (SSSR count). The van der Waals surface area contributed by atoms with Crippen molar-refractivity contribution < 1.29 is 27.5 Å². The van der Waals surface area contributed by atoms with Crippen LogP contribution in [0.2, 0.25) is 0 Å². The van der Waals surface area contributed by atoms with Crippen LogP contribution in [0.15, 0.2) is 53.4 Å². The summed E-state index contributed by atoms with van der Waals surface area (Å²) in [6.45, 7) is 3.58. The maximum absolute atomic E-state index is 13.0. The third-order valence-electron chi connectivity index (χ3n) is 4.79. The van der Waals surface area contributed by atoms with Gasteiger partial charge in [-0.1, -0.05) is 24.3 Å². The SMILES string of the molecule is COC(=O)C1CN(C(=O)CCc2ccc(S(=O)(=O)NC(C)C)cc2)c2ccccc2O1. The molecule has 0 fully saturated rings. The first-order chi connectivity index (χ1) is 14.7. The van der Waals surface area contributed by atoms with Gasteiger partial charge in [-0.15, -0.1) is 0 Å². The van der Waals surface area contributed by atoms with E-state index in [1.165, 1.54) is 24.1 Å². The van der Waals surface area contributed by atoms with Crippen LogP contribution in [0, 0.1) is 0 Å². The first kappa shape index (κ1) is 22.8. The Bertz CT molecular complexity index is 1050. The summed E-state index contributed by atoms with van der Waals surface area (Å²) in [6.07, 6.45) is -0.264. The van der Waals surface area contributed by atoms with E-state index < -0.39 is 22.1 Å². The highest BCUT2D eigenvalue weighted by Crippen LogP contribution is 2.33. The first-order valence-corrected chi connectivity index (χ1v) is 11.4. The minimum atomic E-state index is -3.56. The number of methoxy groups -OCH3 is 1. The molecule has 2 aromatic rings. The van der Waals surface area contributed by atoms with Crippen LogP contribution in [-0.4, -0.2) is 46.1 Å². The highest BCUT2D eigenvalue weighted by molar-refractivity contribution is 7.89. The van der Waals surface area contributed by atoms with Crippen molar-refractivity contribution in [2.75, 3.05) is 18.6 Å². The van der Waals surface area contributed by atoms with Gasteiger partial charge in [-0.25, -0.2) is 17.9 Å². The zero-order valence-corrected chi connectivity index (χ0v) is 18.5. The lowest BCUT2D eigenvalue weighted by atomic mass is 10.1. The van der Waals surface area contributed by atoms with Gasteiger partial charge in [0.1, 0.15) is 5.75 Å². The van der Waals surface area contributed by atoms with Gasteiger partial charge in [-0.3, -0.25) is 4.79 Å². The Morgan fingerprint density at radius 3 is 2.48 bits per heavy atom. The summed E-state index contributed by atoms with van der Waals surface area (Å²) in [5.41, 5.74) is 1.44. The molecular weight excluding hydrogens is 420 g/mol. The van der Waals surface area contributed by atoms with Crippen molar-refractivity contribution in [1.82, 2.24) is 4.72 Å². The lowest BCUT2D eigenvalue weighted by molar-refractivity contribution is -0.148. The zero-order valence-electron chi connectivity index (χ0n) is 17.7. The van der Waals surface area contributed by atoms with Gasteiger partial charge < -0.3 is 14.4 Å². The number of nitrogens with one attached hydrogen (secondary N) is 1. The fourth-order valence-corrected chi connectivity index (χ4v) is 4.58. The lowest BCUT2D eigenvalue weighted by Gasteiger charge is -2.33. The molecule has 1 unspecified atom stereocenters. The van der Waals surface area contributed by atoms with E-state index in [1.54, 1.807) is 50.2 Å². The van der Waals surface area contributed by atoms with Gasteiger partial charge in [-0.2, -0.15) is 0 Å². The van der Waals surface area contributed by atoms with Crippen LogP contribution in [0.25, 0.3) is 0 Å². The molecule has 166 valence electrons. The number of amides is 1. The number of carbonyl (C=O) groups is 2. The second-order valence-corrected chi connectivity index (χ2v) is 9.24. The van der Waals surface area contributed by atoms with E-state index in [0.29, 0.717) is 17.9 Å². The summed E-state index contributed by atoms with van der Waals surface area (Å²) >= 11 is 0. The van der Waals surface area contributed by atoms with E-state index in [1.807, 2.05) is 0 Å². The molecule has 0 spiro atoms. The molecule has 0 radical (unpaired) electrons. The monoisotopic (exact) mass is 446 g/mol. The fraction of sp³-hybridized carbons (Fsp3) is 0.364. The first-order valence-electron chi connectivity index (χ1n) is 9.96. The van der Waals surface area contributed by atoms with Gasteiger partial charge in [-0.05, 0) is 50.1 Å². The molecule has 1 heterocycles. The number of hydrogen-bond acceptors (Lipinski definition) is 6. The van der Waals surface area contributed by atoms with Crippen molar-refractivity contribution in [3.8, 4) is 5.75 Å². The molecule has 1 atom stereocenters. The molecule has 0 saturated carbocycles. The minimum absolute atomic E-state index is 0.0700. The van der Waals surface area contributed by atoms with Gasteiger partial charge in [0.25, 0.3) is 0 Å². The van der Waals surface area contributed by atoms with Crippen molar-refractivity contribution in [3.63, 3.8) is 0 Å². The number of aryl methyl sites for hydroxylation is 1. The molecule has 8 nitrogen and oxygen atoms in total. The van der Waals surface area contributed by atoms with E-state index >= 15 is 0 Å². The highest BCUT2D eigenvalue weighted by atomic mass is 32.2. The number of benzene rings is 2.